The van der Waals surface area contributed by atoms with Gasteiger partial charge in [-0.3, -0.25) is 9.59 Å². The number of carbonyl (C=O) groups excluding carboxylic acids is 2. The number of aromatic nitrogens is 2. The normalized spacial score (nSPS) is 13.1. The Morgan fingerprint density at radius 1 is 1.03 bits per heavy atom. The zero-order chi connectivity index (χ0) is 21.8. The molecular formula is C25H26N2O4. The van der Waals surface area contributed by atoms with Gasteiger partial charge in [-0.15, -0.1) is 0 Å². The lowest BCUT2D eigenvalue weighted by Crippen LogP contribution is -2.27. The van der Waals surface area contributed by atoms with Crippen molar-refractivity contribution >= 4 is 22.5 Å². The molecule has 0 radical (unpaired) electrons. The number of esters is 1. The monoisotopic (exact) mass is 418 g/mol. The number of benzene rings is 2. The third kappa shape index (κ3) is 4.43. The van der Waals surface area contributed by atoms with Crippen LogP contribution in [0.3, 0.4) is 0 Å². The van der Waals surface area contributed by atoms with Gasteiger partial charge in [0.1, 0.15) is 0 Å². The van der Waals surface area contributed by atoms with Gasteiger partial charge in [-0.05, 0) is 55.4 Å². The van der Waals surface area contributed by atoms with Crippen LogP contribution in [0.5, 0.6) is 0 Å². The predicted octanol–water partition coefficient (Wildman–Crippen LogP) is 4.12. The van der Waals surface area contributed by atoms with E-state index in [1.807, 2.05) is 19.1 Å². The van der Waals surface area contributed by atoms with Gasteiger partial charge in [0.25, 0.3) is 5.56 Å². The molecule has 0 aliphatic heterocycles. The van der Waals surface area contributed by atoms with E-state index in [0.29, 0.717) is 22.9 Å². The predicted molar refractivity (Wildman–Crippen MR) is 119 cm³/mol. The Morgan fingerprint density at radius 3 is 2.55 bits per heavy atom. The second-order valence-electron chi connectivity index (χ2n) is 7.97. The van der Waals surface area contributed by atoms with Crippen molar-refractivity contribution in [3.8, 4) is 0 Å². The molecule has 31 heavy (non-hydrogen) atoms. The summed E-state index contributed by atoms with van der Waals surface area (Å²) in [6.45, 7) is 2.09. The maximum absolute atomic E-state index is 12.8. The van der Waals surface area contributed by atoms with Gasteiger partial charge < -0.3 is 4.74 Å². The Morgan fingerprint density at radius 2 is 1.77 bits per heavy atom. The van der Waals surface area contributed by atoms with Crippen LogP contribution >= 0.6 is 0 Å². The first-order valence-corrected chi connectivity index (χ1v) is 10.9. The van der Waals surface area contributed by atoms with Crippen molar-refractivity contribution in [2.24, 2.45) is 0 Å². The number of nitrogens with zero attached hydrogens (tertiary/aromatic N) is 2. The molecule has 6 nitrogen and oxygen atoms in total. The summed E-state index contributed by atoms with van der Waals surface area (Å²) in [4.78, 5) is 38.1. The highest BCUT2D eigenvalue weighted by molar-refractivity contribution is 6.04. The van der Waals surface area contributed by atoms with E-state index in [-0.39, 0.29) is 23.6 Å². The zero-order valence-electron chi connectivity index (χ0n) is 17.7. The molecule has 6 heteroatoms. The van der Waals surface area contributed by atoms with Crippen molar-refractivity contribution in [3.05, 3.63) is 75.2 Å². The number of aryl methyl sites for hydroxylation is 3. The Kier molecular flexibility index (Phi) is 6.26. The number of ether oxygens (including phenoxy) is 1. The van der Waals surface area contributed by atoms with E-state index in [4.69, 9.17) is 4.74 Å². The van der Waals surface area contributed by atoms with Crippen LogP contribution in [0, 0.1) is 0 Å². The van der Waals surface area contributed by atoms with E-state index < -0.39 is 5.97 Å². The van der Waals surface area contributed by atoms with Crippen LogP contribution in [0.4, 0.5) is 0 Å². The van der Waals surface area contributed by atoms with Crippen LogP contribution in [0.25, 0.3) is 10.8 Å². The second-order valence-corrected chi connectivity index (χ2v) is 7.97. The lowest BCUT2D eigenvalue weighted by atomic mass is 9.90. The van der Waals surface area contributed by atoms with E-state index in [2.05, 4.69) is 5.10 Å². The van der Waals surface area contributed by atoms with Gasteiger partial charge >= 0.3 is 5.97 Å². The van der Waals surface area contributed by atoms with Crippen LogP contribution in [-0.2, 0) is 24.1 Å². The molecule has 1 heterocycles. The lowest BCUT2D eigenvalue weighted by molar-refractivity contribution is 0.0468. The summed E-state index contributed by atoms with van der Waals surface area (Å²) in [5.74, 6) is -0.946. The molecule has 0 spiro atoms. The topological polar surface area (TPSA) is 78.3 Å². The van der Waals surface area contributed by atoms with Gasteiger partial charge in [-0.25, -0.2) is 9.48 Å². The van der Waals surface area contributed by atoms with Crippen molar-refractivity contribution in [1.82, 2.24) is 9.78 Å². The van der Waals surface area contributed by atoms with E-state index in [1.54, 1.807) is 30.3 Å². The third-order valence-corrected chi connectivity index (χ3v) is 5.79. The standard InChI is InChI=1S/C25H26N2O4/c1-2-3-14-27-24(29)21-11-7-6-10-20(21)23(26-27)25(30)31-16-22(28)19-13-12-17-8-4-5-9-18(17)15-19/h6-7,10-13,15H,2-5,8-9,14,16H2,1H3. The zero-order valence-corrected chi connectivity index (χ0v) is 17.7. The molecule has 1 aromatic heterocycles. The number of Topliss-reactive ketones (excluding diaryl/α,β-unsaturated/α-hetero) is 1. The van der Waals surface area contributed by atoms with E-state index in [1.165, 1.54) is 22.2 Å². The van der Waals surface area contributed by atoms with Gasteiger partial charge in [0.15, 0.2) is 18.1 Å². The molecule has 1 aliphatic carbocycles. The number of carbonyl (C=O) groups is 2. The Bertz CT molecular complexity index is 1200. The fraction of sp³-hybridized carbons (Fsp3) is 0.360. The van der Waals surface area contributed by atoms with Crippen molar-refractivity contribution in [3.63, 3.8) is 0 Å². The molecule has 1 aliphatic rings. The number of unbranched alkanes of at least 4 members (excludes halogenated alkanes) is 1. The van der Waals surface area contributed by atoms with E-state index in [0.717, 1.165) is 32.1 Å². The highest BCUT2D eigenvalue weighted by Crippen LogP contribution is 2.22. The molecule has 0 saturated carbocycles. The first kappa shape index (κ1) is 21.0. The maximum atomic E-state index is 12.8. The number of hydrogen-bond donors (Lipinski definition) is 0. The number of rotatable bonds is 7. The number of fused-ring (bicyclic) bond motifs is 2. The minimum atomic E-state index is -0.701. The lowest BCUT2D eigenvalue weighted by Gasteiger charge is -2.16. The van der Waals surface area contributed by atoms with E-state index in [9.17, 15) is 14.4 Å². The molecule has 0 unspecified atom stereocenters. The molecule has 0 N–H and O–H groups in total. The van der Waals surface area contributed by atoms with Crippen LogP contribution < -0.4 is 5.56 Å². The van der Waals surface area contributed by atoms with Gasteiger partial charge in [0.2, 0.25) is 0 Å². The first-order chi connectivity index (χ1) is 15.1. The SMILES string of the molecule is CCCCn1nc(C(=O)OCC(=O)c2ccc3c(c2)CCCC3)c2ccccc2c1=O. The molecule has 0 bridgehead atoms. The molecular weight excluding hydrogens is 392 g/mol. The van der Waals surface area contributed by atoms with Crippen LogP contribution in [-0.4, -0.2) is 28.1 Å². The maximum Gasteiger partial charge on any atom is 0.359 e. The summed E-state index contributed by atoms with van der Waals surface area (Å²) < 4.78 is 6.64. The van der Waals surface area contributed by atoms with Gasteiger partial charge in [0.05, 0.1) is 5.39 Å². The Labute approximate surface area is 180 Å². The summed E-state index contributed by atoms with van der Waals surface area (Å²) in [7, 11) is 0. The Balaban J connectivity index is 1.55. The fourth-order valence-electron chi connectivity index (χ4n) is 4.04. The van der Waals surface area contributed by atoms with E-state index >= 15 is 0 Å². The average molecular weight is 418 g/mol. The smallest absolute Gasteiger partial charge is 0.359 e. The summed E-state index contributed by atoms with van der Waals surface area (Å²) in [5.41, 5.74) is 2.89. The summed E-state index contributed by atoms with van der Waals surface area (Å²) in [6, 6.07) is 12.6. The van der Waals surface area contributed by atoms with Crippen molar-refractivity contribution < 1.29 is 14.3 Å². The quantitative estimate of drug-likeness (QED) is 0.426. The number of hydrogen-bond acceptors (Lipinski definition) is 5. The minimum absolute atomic E-state index is 0.0598. The molecule has 0 amide bonds. The van der Waals surface area contributed by atoms with Gasteiger partial charge in [0, 0.05) is 17.5 Å². The van der Waals surface area contributed by atoms with Crippen LogP contribution in [0.15, 0.2) is 47.3 Å². The third-order valence-electron chi connectivity index (χ3n) is 5.79. The van der Waals surface area contributed by atoms with Crippen molar-refractivity contribution in [1.29, 1.82) is 0 Å². The molecule has 2 aromatic carbocycles. The Hall–Kier alpha value is -3.28. The van der Waals surface area contributed by atoms with Crippen molar-refractivity contribution in [2.75, 3.05) is 6.61 Å². The minimum Gasteiger partial charge on any atom is -0.452 e. The first-order valence-electron chi connectivity index (χ1n) is 10.9. The molecule has 4 rings (SSSR count). The van der Waals surface area contributed by atoms with Crippen LogP contribution in [0.1, 0.15) is 64.6 Å². The highest BCUT2D eigenvalue weighted by atomic mass is 16.5. The van der Waals surface area contributed by atoms with Crippen molar-refractivity contribution in [2.45, 2.75) is 52.0 Å². The number of ketones is 1. The molecule has 0 atom stereocenters. The summed E-state index contributed by atoms with van der Waals surface area (Å²) >= 11 is 0. The second kappa shape index (κ2) is 9.25. The van der Waals surface area contributed by atoms with Gasteiger partial charge in [-0.1, -0.05) is 43.7 Å². The largest absolute Gasteiger partial charge is 0.452 e. The molecule has 3 aromatic rings. The summed E-state index contributed by atoms with van der Waals surface area (Å²) in [5, 5.41) is 5.12. The average Bonchev–Trinajstić information content (AvgIpc) is 2.81. The molecule has 0 saturated heterocycles. The molecule has 160 valence electrons. The van der Waals surface area contributed by atoms with Crippen LogP contribution in [0.2, 0.25) is 0 Å². The summed E-state index contributed by atoms with van der Waals surface area (Å²) in [6.07, 6.45) is 6.01. The van der Waals surface area contributed by atoms with Gasteiger partial charge in [-0.2, -0.15) is 5.10 Å². The molecule has 0 fully saturated rings. The highest BCUT2D eigenvalue weighted by Gasteiger charge is 2.20. The fourth-order valence-corrected chi connectivity index (χ4v) is 4.04.